The van der Waals surface area contributed by atoms with Crippen molar-refractivity contribution in [3.63, 3.8) is 0 Å². The summed E-state index contributed by atoms with van der Waals surface area (Å²) in [4.78, 5) is 27.6. The van der Waals surface area contributed by atoms with Crippen LogP contribution in [-0.4, -0.2) is 16.8 Å². The van der Waals surface area contributed by atoms with Crippen molar-refractivity contribution in [1.29, 1.82) is 0 Å². The second-order valence-electron chi connectivity index (χ2n) is 5.54. The summed E-state index contributed by atoms with van der Waals surface area (Å²) in [6.07, 6.45) is 1.95. The average Bonchev–Trinajstić information content (AvgIpc) is 2.48. The van der Waals surface area contributed by atoms with Gasteiger partial charge in [0, 0.05) is 29.6 Å². The summed E-state index contributed by atoms with van der Waals surface area (Å²) < 4.78 is 0. The number of hydrogen-bond acceptors (Lipinski definition) is 3. The Kier molecular flexibility index (Phi) is 5.71. The molecular weight excluding hydrogens is 314 g/mol. The lowest BCUT2D eigenvalue weighted by Gasteiger charge is -2.09. The first kappa shape index (κ1) is 17.0. The number of pyridine rings is 1. The van der Waals surface area contributed by atoms with Gasteiger partial charge in [-0.25, -0.2) is 4.98 Å². The maximum atomic E-state index is 12.1. The molecule has 23 heavy (non-hydrogen) atoms. The molecule has 2 rings (SSSR count). The molecule has 0 saturated heterocycles. The minimum absolute atomic E-state index is 0.0248. The van der Waals surface area contributed by atoms with Crippen LogP contribution in [0.3, 0.4) is 0 Å². The SMILES string of the molecule is CC(C)CC(=O)Nc1ccc(NC(=O)c2ccnc(Cl)c2)cc1. The molecule has 0 fully saturated rings. The standard InChI is InChI=1S/C17H18ClN3O2/c1-11(2)9-16(22)20-13-3-5-14(6-4-13)21-17(23)12-7-8-19-15(18)10-12/h3-8,10-11H,9H2,1-2H3,(H,20,22)(H,21,23). The summed E-state index contributed by atoms with van der Waals surface area (Å²) >= 11 is 5.77. The van der Waals surface area contributed by atoms with E-state index in [1.165, 1.54) is 12.3 Å². The minimum Gasteiger partial charge on any atom is -0.326 e. The van der Waals surface area contributed by atoms with Crippen LogP contribution in [0.15, 0.2) is 42.6 Å². The third-order valence-corrected chi connectivity index (χ3v) is 3.22. The molecule has 5 nitrogen and oxygen atoms in total. The molecule has 0 spiro atoms. The number of nitrogens with one attached hydrogen (secondary N) is 2. The van der Waals surface area contributed by atoms with E-state index in [0.717, 1.165) is 0 Å². The largest absolute Gasteiger partial charge is 0.326 e. The van der Waals surface area contributed by atoms with Gasteiger partial charge in [0.1, 0.15) is 5.15 Å². The van der Waals surface area contributed by atoms with Gasteiger partial charge in [-0.2, -0.15) is 0 Å². The fraction of sp³-hybridized carbons (Fsp3) is 0.235. The van der Waals surface area contributed by atoms with Gasteiger partial charge in [-0.15, -0.1) is 0 Å². The van der Waals surface area contributed by atoms with E-state index < -0.39 is 0 Å². The number of aromatic nitrogens is 1. The van der Waals surface area contributed by atoms with Gasteiger partial charge in [0.15, 0.2) is 0 Å². The van der Waals surface area contributed by atoms with Gasteiger partial charge in [0.25, 0.3) is 5.91 Å². The Hall–Kier alpha value is -2.40. The van der Waals surface area contributed by atoms with Gasteiger partial charge in [-0.1, -0.05) is 25.4 Å². The second kappa shape index (κ2) is 7.74. The Morgan fingerprint density at radius 1 is 1.09 bits per heavy atom. The number of halogens is 1. The summed E-state index contributed by atoms with van der Waals surface area (Å²) in [6, 6.07) is 10.0. The van der Waals surface area contributed by atoms with Gasteiger partial charge in [-0.05, 0) is 42.3 Å². The van der Waals surface area contributed by atoms with Crippen molar-refractivity contribution in [2.24, 2.45) is 5.92 Å². The summed E-state index contributed by atoms with van der Waals surface area (Å²) in [5, 5.41) is 5.84. The van der Waals surface area contributed by atoms with Gasteiger partial charge >= 0.3 is 0 Å². The monoisotopic (exact) mass is 331 g/mol. The van der Waals surface area contributed by atoms with Crippen molar-refractivity contribution in [2.75, 3.05) is 10.6 Å². The predicted octanol–water partition coefficient (Wildman–Crippen LogP) is 3.97. The van der Waals surface area contributed by atoms with Crippen molar-refractivity contribution in [1.82, 2.24) is 4.98 Å². The van der Waals surface area contributed by atoms with Gasteiger partial charge in [0.2, 0.25) is 5.91 Å². The zero-order valence-corrected chi connectivity index (χ0v) is 13.7. The van der Waals surface area contributed by atoms with Crippen molar-refractivity contribution in [2.45, 2.75) is 20.3 Å². The number of hydrogen-bond donors (Lipinski definition) is 2. The first-order chi connectivity index (χ1) is 10.9. The molecule has 2 aromatic rings. The molecule has 0 radical (unpaired) electrons. The first-order valence-corrected chi connectivity index (χ1v) is 7.64. The first-order valence-electron chi connectivity index (χ1n) is 7.27. The predicted molar refractivity (Wildman–Crippen MR) is 91.7 cm³/mol. The van der Waals surface area contributed by atoms with Crippen molar-refractivity contribution >= 4 is 34.8 Å². The van der Waals surface area contributed by atoms with Crippen LogP contribution in [0.25, 0.3) is 0 Å². The summed E-state index contributed by atoms with van der Waals surface area (Å²) in [5.41, 5.74) is 1.75. The molecule has 2 amide bonds. The number of amides is 2. The van der Waals surface area contributed by atoms with Crippen LogP contribution >= 0.6 is 11.6 Å². The number of benzene rings is 1. The summed E-state index contributed by atoms with van der Waals surface area (Å²) in [5.74, 6) is 0.00912. The van der Waals surface area contributed by atoms with E-state index in [9.17, 15) is 9.59 Å². The lowest BCUT2D eigenvalue weighted by Crippen LogP contribution is -2.14. The van der Waals surface area contributed by atoms with Crippen LogP contribution in [0, 0.1) is 5.92 Å². The topological polar surface area (TPSA) is 71.1 Å². The molecule has 1 aromatic heterocycles. The lowest BCUT2D eigenvalue weighted by atomic mass is 10.1. The Bertz CT molecular complexity index is 699. The van der Waals surface area contributed by atoms with E-state index in [1.54, 1.807) is 30.3 Å². The van der Waals surface area contributed by atoms with Crippen LogP contribution in [0.5, 0.6) is 0 Å². The number of nitrogens with zero attached hydrogens (tertiary/aromatic N) is 1. The highest BCUT2D eigenvalue weighted by atomic mass is 35.5. The molecule has 0 aliphatic rings. The number of carbonyl (C=O) groups is 2. The van der Waals surface area contributed by atoms with Gasteiger partial charge in [0.05, 0.1) is 0 Å². The molecule has 2 N–H and O–H groups in total. The molecule has 0 unspecified atom stereocenters. The van der Waals surface area contributed by atoms with E-state index in [-0.39, 0.29) is 17.0 Å². The lowest BCUT2D eigenvalue weighted by molar-refractivity contribution is -0.116. The number of anilines is 2. The van der Waals surface area contributed by atoms with E-state index in [0.29, 0.717) is 29.3 Å². The number of rotatable bonds is 5. The van der Waals surface area contributed by atoms with Crippen molar-refractivity contribution < 1.29 is 9.59 Å². The maximum Gasteiger partial charge on any atom is 0.255 e. The van der Waals surface area contributed by atoms with Crippen molar-refractivity contribution in [3.05, 3.63) is 53.3 Å². The zero-order valence-electron chi connectivity index (χ0n) is 13.0. The molecule has 0 saturated carbocycles. The van der Waals surface area contributed by atoms with E-state index >= 15 is 0 Å². The summed E-state index contributed by atoms with van der Waals surface area (Å²) in [6.45, 7) is 3.98. The Morgan fingerprint density at radius 3 is 2.26 bits per heavy atom. The average molecular weight is 332 g/mol. The molecule has 0 aliphatic carbocycles. The third kappa shape index (κ3) is 5.38. The van der Waals surface area contributed by atoms with Crippen LogP contribution < -0.4 is 10.6 Å². The normalized spacial score (nSPS) is 10.4. The minimum atomic E-state index is -0.272. The fourth-order valence-electron chi connectivity index (χ4n) is 1.97. The fourth-order valence-corrected chi connectivity index (χ4v) is 2.14. The van der Waals surface area contributed by atoms with Crippen LogP contribution in [0.1, 0.15) is 30.6 Å². The van der Waals surface area contributed by atoms with Crippen LogP contribution in [0.2, 0.25) is 5.15 Å². The Morgan fingerprint density at radius 2 is 1.70 bits per heavy atom. The number of carbonyl (C=O) groups excluding carboxylic acids is 2. The van der Waals surface area contributed by atoms with E-state index in [2.05, 4.69) is 15.6 Å². The highest BCUT2D eigenvalue weighted by Gasteiger charge is 2.08. The summed E-state index contributed by atoms with van der Waals surface area (Å²) in [7, 11) is 0. The Balaban J connectivity index is 1.97. The van der Waals surface area contributed by atoms with Crippen LogP contribution in [0.4, 0.5) is 11.4 Å². The molecular formula is C17H18ClN3O2. The molecule has 120 valence electrons. The van der Waals surface area contributed by atoms with E-state index in [4.69, 9.17) is 11.6 Å². The van der Waals surface area contributed by atoms with Gasteiger partial charge < -0.3 is 10.6 Å². The van der Waals surface area contributed by atoms with Crippen molar-refractivity contribution in [3.8, 4) is 0 Å². The second-order valence-corrected chi connectivity index (χ2v) is 5.93. The molecule has 0 atom stereocenters. The third-order valence-electron chi connectivity index (χ3n) is 3.01. The molecule has 1 heterocycles. The zero-order chi connectivity index (χ0) is 16.8. The van der Waals surface area contributed by atoms with E-state index in [1.807, 2.05) is 13.8 Å². The molecule has 6 heteroatoms. The molecule has 0 bridgehead atoms. The smallest absolute Gasteiger partial charge is 0.255 e. The highest BCUT2D eigenvalue weighted by Crippen LogP contribution is 2.16. The highest BCUT2D eigenvalue weighted by molar-refractivity contribution is 6.29. The molecule has 1 aromatic carbocycles. The molecule has 0 aliphatic heterocycles. The maximum absolute atomic E-state index is 12.1. The van der Waals surface area contributed by atoms with Crippen LogP contribution in [-0.2, 0) is 4.79 Å². The quantitative estimate of drug-likeness (QED) is 0.814. The Labute approximate surface area is 140 Å². The van der Waals surface area contributed by atoms with Gasteiger partial charge in [-0.3, -0.25) is 9.59 Å².